The number of para-hydroxylation sites is 1. The lowest BCUT2D eigenvalue weighted by Gasteiger charge is -2.05. The number of ether oxygens (including phenoxy) is 1. The summed E-state index contributed by atoms with van der Waals surface area (Å²) in [5.74, 6) is -0.141. The van der Waals surface area contributed by atoms with E-state index in [0.29, 0.717) is 12.3 Å². The van der Waals surface area contributed by atoms with Gasteiger partial charge in [0.1, 0.15) is 5.82 Å². The van der Waals surface area contributed by atoms with Gasteiger partial charge in [0.15, 0.2) is 5.69 Å². The number of anilines is 1. The Kier molecular flexibility index (Phi) is 3.09. The van der Waals surface area contributed by atoms with Crippen molar-refractivity contribution in [3.05, 3.63) is 42.1 Å². The molecular weight excluding hydrogens is 218 g/mol. The second kappa shape index (κ2) is 4.69. The van der Waals surface area contributed by atoms with Gasteiger partial charge in [-0.15, -0.1) is 5.10 Å². The van der Waals surface area contributed by atoms with Crippen LogP contribution >= 0.6 is 0 Å². The summed E-state index contributed by atoms with van der Waals surface area (Å²) in [5.41, 5.74) is 6.71. The van der Waals surface area contributed by atoms with Crippen molar-refractivity contribution in [1.29, 1.82) is 0 Å². The third-order valence-corrected chi connectivity index (χ3v) is 2.21. The van der Waals surface area contributed by atoms with E-state index >= 15 is 0 Å². The van der Waals surface area contributed by atoms with Crippen LogP contribution in [0.25, 0.3) is 5.69 Å². The minimum atomic E-state index is -0.430. The number of aromatic nitrogens is 2. The highest BCUT2D eigenvalue weighted by Gasteiger charge is 2.16. The predicted molar refractivity (Wildman–Crippen MR) is 63.9 cm³/mol. The second-order valence-corrected chi connectivity index (χ2v) is 3.42. The zero-order valence-corrected chi connectivity index (χ0v) is 9.46. The van der Waals surface area contributed by atoms with E-state index in [0.717, 1.165) is 5.69 Å². The van der Waals surface area contributed by atoms with Crippen molar-refractivity contribution in [3.8, 4) is 5.69 Å². The number of rotatable bonds is 3. The smallest absolute Gasteiger partial charge is 0.357 e. The average molecular weight is 231 g/mol. The highest BCUT2D eigenvalue weighted by Crippen LogP contribution is 2.14. The molecule has 2 N–H and O–H groups in total. The van der Waals surface area contributed by atoms with Gasteiger partial charge >= 0.3 is 5.97 Å². The number of esters is 1. The number of carbonyl (C=O) groups excluding carboxylic acids is 1. The fraction of sp³-hybridized carbons (Fsp3) is 0.167. The summed E-state index contributed by atoms with van der Waals surface area (Å²) in [6.45, 7) is 2.07. The highest BCUT2D eigenvalue weighted by atomic mass is 16.5. The van der Waals surface area contributed by atoms with Crippen LogP contribution in [0.2, 0.25) is 0 Å². The van der Waals surface area contributed by atoms with E-state index in [4.69, 9.17) is 10.5 Å². The zero-order valence-electron chi connectivity index (χ0n) is 9.46. The molecule has 17 heavy (non-hydrogen) atoms. The number of hydrogen-bond donors (Lipinski definition) is 1. The Hall–Kier alpha value is -2.30. The van der Waals surface area contributed by atoms with Crippen LogP contribution in [0.4, 0.5) is 5.82 Å². The van der Waals surface area contributed by atoms with Gasteiger partial charge in [-0.2, -0.15) is 0 Å². The Balaban J connectivity index is 2.44. The first-order chi connectivity index (χ1) is 8.22. The minimum absolute atomic E-state index is 0.289. The van der Waals surface area contributed by atoms with Crippen LogP contribution in [0.3, 0.4) is 0 Å². The molecule has 0 saturated carbocycles. The van der Waals surface area contributed by atoms with Crippen molar-refractivity contribution < 1.29 is 9.53 Å². The van der Waals surface area contributed by atoms with Gasteiger partial charge in [0, 0.05) is 6.07 Å². The number of hydrogen-bond acceptors (Lipinski definition) is 4. The van der Waals surface area contributed by atoms with Crippen LogP contribution in [0.15, 0.2) is 36.4 Å². The molecular formula is C12H13N3O2. The average Bonchev–Trinajstić information content (AvgIpc) is 2.73. The van der Waals surface area contributed by atoms with Crippen molar-refractivity contribution in [1.82, 2.24) is 9.78 Å². The quantitative estimate of drug-likeness (QED) is 0.815. The zero-order chi connectivity index (χ0) is 12.3. The van der Waals surface area contributed by atoms with Crippen molar-refractivity contribution in [2.75, 3.05) is 12.3 Å². The topological polar surface area (TPSA) is 70.1 Å². The van der Waals surface area contributed by atoms with Crippen LogP contribution in [0, 0.1) is 0 Å². The number of nitrogen functional groups attached to an aromatic ring is 1. The lowest BCUT2D eigenvalue weighted by Crippen LogP contribution is -2.11. The Morgan fingerprint density at radius 3 is 2.76 bits per heavy atom. The van der Waals surface area contributed by atoms with Crippen molar-refractivity contribution in [2.45, 2.75) is 6.92 Å². The number of nitrogens with zero attached hydrogens (tertiary/aromatic N) is 2. The Morgan fingerprint density at radius 2 is 2.12 bits per heavy atom. The van der Waals surface area contributed by atoms with Crippen LogP contribution in [-0.4, -0.2) is 22.4 Å². The van der Waals surface area contributed by atoms with Gasteiger partial charge < -0.3 is 10.5 Å². The molecule has 1 heterocycles. The highest BCUT2D eigenvalue weighted by molar-refractivity contribution is 5.89. The summed E-state index contributed by atoms with van der Waals surface area (Å²) in [6, 6.07) is 10.8. The molecule has 1 aromatic heterocycles. The third kappa shape index (κ3) is 2.28. The van der Waals surface area contributed by atoms with Gasteiger partial charge in [-0.1, -0.05) is 18.2 Å². The number of carbonyl (C=O) groups is 1. The van der Waals surface area contributed by atoms with Gasteiger partial charge in [-0.3, -0.25) is 0 Å². The number of nitrogens with two attached hydrogens (primary N) is 1. The van der Waals surface area contributed by atoms with Gasteiger partial charge in [-0.05, 0) is 19.1 Å². The molecule has 0 aliphatic carbocycles. The van der Waals surface area contributed by atoms with Crippen LogP contribution in [0.5, 0.6) is 0 Å². The van der Waals surface area contributed by atoms with Crippen molar-refractivity contribution in [3.63, 3.8) is 0 Å². The van der Waals surface area contributed by atoms with Crippen LogP contribution in [-0.2, 0) is 4.74 Å². The van der Waals surface area contributed by atoms with E-state index in [-0.39, 0.29) is 5.82 Å². The molecule has 0 radical (unpaired) electrons. The van der Waals surface area contributed by atoms with E-state index in [1.54, 1.807) is 6.92 Å². The molecule has 5 nitrogen and oxygen atoms in total. The Morgan fingerprint density at radius 1 is 1.41 bits per heavy atom. The number of benzene rings is 1. The molecule has 0 saturated heterocycles. The molecule has 0 atom stereocenters. The fourth-order valence-electron chi connectivity index (χ4n) is 1.52. The molecule has 0 aliphatic heterocycles. The fourth-order valence-corrected chi connectivity index (χ4v) is 1.52. The Labute approximate surface area is 98.8 Å². The molecule has 0 fully saturated rings. The van der Waals surface area contributed by atoms with E-state index in [9.17, 15) is 4.79 Å². The van der Waals surface area contributed by atoms with Crippen LogP contribution in [0.1, 0.15) is 17.4 Å². The Bertz CT molecular complexity index is 520. The molecule has 0 aliphatic rings. The summed E-state index contributed by atoms with van der Waals surface area (Å²) >= 11 is 0. The molecule has 0 spiro atoms. The first kappa shape index (κ1) is 11.2. The summed E-state index contributed by atoms with van der Waals surface area (Å²) in [4.78, 5) is 11.7. The summed E-state index contributed by atoms with van der Waals surface area (Å²) in [6.07, 6.45) is 0. The third-order valence-electron chi connectivity index (χ3n) is 2.21. The van der Waals surface area contributed by atoms with E-state index in [1.165, 1.54) is 10.7 Å². The lowest BCUT2D eigenvalue weighted by molar-refractivity contribution is 0.0516. The normalized spacial score (nSPS) is 10.2. The summed E-state index contributed by atoms with van der Waals surface area (Å²) in [5, 5.41) is 4.08. The minimum Gasteiger partial charge on any atom is -0.461 e. The van der Waals surface area contributed by atoms with Gasteiger partial charge in [-0.25, -0.2) is 9.48 Å². The first-order valence-electron chi connectivity index (χ1n) is 5.30. The standard InChI is InChI=1S/C12H13N3O2/c1-2-17-12(16)10-8-11(13)14-15(10)9-6-4-3-5-7-9/h3-8H,2H2,1H3,(H2,13,14). The maximum absolute atomic E-state index is 11.7. The molecule has 5 heteroatoms. The maximum Gasteiger partial charge on any atom is 0.357 e. The van der Waals surface area contributed by atoms with E-state index < -0.39 is 5.97 Å². The molecule has 2 rings (SSSR count). The van der Waals surface area contributed by atoms with Crippen molar-refractivity contribution in [2.24, 2.45) is 0 Å². The van der Waals surface area contributed by atoms with E-state index in [2.05, 4.69) is 5.10 Å². The van der Waals surface area contributed by atoms with Gasteiger partial charge in [0.05, 0.1) is 12.3 Å². The molecule has 88 valence electrons. The van der Waals surface area contributed by atoms with Crippen LogP contribution < -0.4 is 5.73 Å². The maximum atomic E-state index is 11.7. The molecule has 2 aromatic rings. The molecule has 0 unspecified atom stereocenters. The molecule has 0 amide bonds. The first-order valence-corrected chi connectivity index (χ1v) is 5.30. The predicted octanol–water partition coefficient (Wildman–Crippen LogP) is 1.63. The van der Waals surface area contributed by atoms with E-state index in [1.807, 2.05) is 30.3 Å². The monoisotopic (exact) mass is 231 g/mol. The summed E-state index contributed by atoms with van der Waals surface area (Å²) in [7, 11) is 0. The lowest BCUT2D eigenvalue weighted by atomic mass is 10.3. The van der Waals surface area contributed by atoms with Crippen molar-refractivity contribution >= 4 is 11.8 Å². The van der Waals surface area contributed by atoms with Gasteiger partial charge in [0.2, 0.25) is 0 Å². The largest absolute Gasteiger partial charge is 0.461 e. The SMILES string of the molecule is CCOC(=O)c1cc(N)nn1-c1ccccc1. The van der Waals surface area contributed by atoms with Gasteiger partial charge in [0.25, 0.3) is 0 Å². The summed E-state index contributed by atoms with van der Waals surface area (Å²) < 4.78 is 6.43. The molecule has 0 bridgehead atoms. The molecule has 1 aromatic carbocycles. The second-order valence-electron chi connectivity index (χ2n) is 3.42.